The van der Waals surface area contributed by atoms with Gasteiger partial charge in [0.2, 0.25) is 15.9 Å². The maximum Gasteiger partial charge on any atom is 0.240 e. The Bertz CT molecular complexity index is 844. The summed E-state index contributed by atoms with van der Waals surface area (Å²) in [5.74, 6) is -0.340. The van der Waals surface area contributed by atoms with E-state index in [1.807, 2.05) is 44.2 Å². The Balaban J connectivity index is 2.10. The zero-order chi connectivity index (χ0) is 19.2. The third-order valence-electron chi connectivity index (χ3n) is 3.82. The highest BCUT2D eigenvalue weighted by atomic mass is 32.2. The fourth-order valence-corrected chi connectivity index (χ4v) is 3.48. The lowest BCUT2D eigenvalue weighted by atomic mass is 10.1. The molecule has 6 nitrogen and oxygen atoms in total. The lowest BCUT2D eigenvalue weighted by molar-refractivity contribution is -0.119. The summed E-state index contributed by atoms with van der Waals surface area (Å²) in [6.07, 6.45) is 1.94. The second-order valence-electron chi connectivity index (χ2n) is 6.39. The van der Waals surface area contributed by atoms with Crippen LogP contribution in [0.15, 0.2) is 42.5 Å². The van der Waals surface area contributed by atoms with E-state index in [1.54, 1.807) is 12.1 Å². The maximum atomic E-state index is 12.3. The predicted octanol–water partition coefficient (Wildman–Crippen LogP) is 2.54. The van der Waals surface area contributed by atoms with Gasteiger partial charge in [-0.1, -0.05) is 36.4 Å². The van der Waals surface area contributed by atoms with E-state index in [4.69, 9.17) is 4.74 Å². The summed E-state index contributed by atoms with van der Waals surface area (Å²) in [6, 6.07) is 12.9. The first-order valence-electron chi connectivity index (χ1n) is 8.63. The zero-order valence-electron chi connectivity index (χ0n) is 15.4. The summed E-state index contributed by atoms with van der Waals surface area (Å²) < 4.78 is 31.1. The molecule has 26 heavy (non-hydrogen) atoms. The van der Waals surface area contributed by atoms with Crippen molar-refractivity contribution in [1.29, 1.82) is 0 Å². The van der Waals surface area contributed by atoms with E-state index < -0.39 is 10.0 Å². The van der Waals surface area contributed by atoms with Crippen LogP contribution in [-0.4, -0.2) is 46.4 Å². The summed E-state index contributed by atoms with van der Waals surface area (Å²) in [7, 11) is -3.60. The van der Waals surface area contributed by atoms with Gasteiger partial charge >= 0.3 is 0 Å². The maximum absolute atomic E-state index is 12.3. The summed E-state index contributed by atoms with van der Waals surface area (Å²) in [5.41, 5.74) is 0.504. The van der Waals surface area contributed by atoms with Gasteiger partial charge in [-0.2, -0.15) is 0 Å². The first-order chi connectivity index (χ1) is 12.3. The lowest BCUT2D eigenvalue weighted by Gasteiger charge is -2.23. The third kappa shape index (κ3) is 5.71. The third-order valence-corrected chi connectivity index (χ3v) is 4.94. The predicted molar refractivity (Wildman–Crippen MR) is 105 cm³/mol. The van der Waals surface area contributed by atoms with E-state index in [-0.39, 0.29) is 18.6 Å². The molecule has 0 radical (unpaired) electrons. The van der Waals surface area contributed by atoms with E-state index in [9.17, 15) is 13.2 Å². The molecule has 1 N–H and O–H groups in total. The summed E-state index contributed by atoms with van der Waals surface area (Å²) in [5, 5.41) is 4.46. The highest BCUT2D eigenvalue weighted by Crippen LogP contribution is 2.28. The number of rotatable bonds is 9. The van der Waals surface area contributed by atoms with Gasteiger partial charge in [-0.3, -0.25) is 9.10 Å². The average molecular weight is 378 g/mol. The molecule has 7 heteroatoms. The summed E-state index contributed by atoms with van der Waals surface area (Å²) in [4.78, 5) is 12.2. The number of carbonyl (C=O) groups excluding carboxylic acids is 1. The lowest BCUT2D eigenvalue weighted by Crippen LogP contribution is -2.40. The number of ether oxygens (including phenoxy) is 1. The standard InChI is InChI=1S/C19H26N2O4S/c1-15(2)25-13-7-12-20-19(22)14-21(26(3,23)24)18-11-6-9-16-8-4-5-10-17(16)18/h4-6,8-11,15H,7,12-14H2,1-3H3,(H,20,22). The number of carbonyl (C=O) groups is 1. The molecule has 0 saturated heterocycles. The van der Waals surface area contributed by atoms with Gasteiger partial charge in [-0.25, -0.2) is 8.42 Å². The van der Waals surface area contributed by atoms with Crippen LogP contribution in [0.4, 0.5) is 5.69 Å². The number of amides is 1. The Kier molecular flexibility index (Phi) is 6.99. The van der Waals surface area contributed by atoms with Gasteiger partial charge in [-0.05, 0) is 31.7 Å². The molecule has 142 valence electrons. The van der Waals surface area contributed by atoms with Crippen molar-refractivity contribution >= 4 is 32.4 Å². The molecule has 0 aliphatic carbocycles. The van der Waals surface area contributed by atoms with Crippen LogP contribution in [0.3, 0.4) is 0 Å². The van der Waals surface area contributed by atoms with Crippen LogP contribution in [0, 0.1) is 0 Å². The quantitative estimate of drug-likeness (QED) is 0.681. The summed E-state index contributed by atoms with van der Waals surface area (Å²) >= 11 is 0. The SMILES string of the molecule is CC(C)OCCCNC(=O)CN(c1cccc2ccccc12)S(C)(=O)=O. The number of benzene rings is 2. The Morgan fingerprint density at radius 1 is 1.15 bits per heavy atom. The number of nitrogens with zero attached hydrogens (tertiary/aromatic N) is 1. The topological polar surface area (TPSA) is 75.7 Å². The number of anilines is 1. The van der Waals surface area contributed by atoms with Gasteiger partial charge in [0.25, 0.3) is 0 Å². The molecule has 0 aliphatic rings. The molecule has 0 bridgehead atoms. The molecule has 2 aromatic carbocycles. The van der Waals surface area contributed by atoms with Gasteiger partial charge in [0, 0.05) is 18.5 Å². The van der Waals surface area contributed by atoms with Crippen LogP contribution < -0.4 is 9.62 Å². The molecular weight excluding hydrogens is 352 g/mol. The largest absolute Gasteiger partial charge is 0.379 e. The molecule has 0 aliphatic heterocycles. The number of hydrogen-bond acceptors (Lipinski definition) is 4. The second-order valence-corrected chi connectivity index (χ2v) is 8.30. The van der Waals surface area contributed by atoms with E-state index in [0.717, 1.165) is 21.3 Å². The second kappa shape index (κ2) is 9.00. The smallest absolute Gasteiger partial charge is 0.240 e. The van der Waals surface area contributed by atoms with Crippen LogP contribution in [0.5, 0.6) is 0 Å². The Morgan fingerprint density at radius 3 is 2.54 bits per heavy atom. The highest BCUT2D eigenvalue weighted by molar-refractivity contribution is 7.92. The first-order valence-corrected chi connectivity index (χ1v) is 10.5. The van der Waals surface area contributed by atoms with Crippen molar-refractivity contribution in [3.8, 4) is 0 Å². The molecule has 0 spiro atoms. The molecule has 0 saturated carbocycles. The van der Waals surface area contributed by atoms with E-state index in [2.05, 4.69) is 5.32 Å². The fraction of sp³-hybridized carbons (Fsp3) is 0.421. The van der Waals surface area contributed by atoms with Gasteiger partial charge in [0.1, 0.15) is 6.54 Å². The van der Waals surface area contributed by atoms with E-state index in [1.165, 1.54) is 0 Å². The molecule has 0 unspecified atom stereocenters. The van der Waals surface area contributed by atoms with Gasteiger partial charge in [-0.15, -0.1) is 0 Å². The molecule has 0 fully saturated rings. The summed E-state index contributed by atoms with van der Waals surface area (Å²) in [6.45, 7) is 4.65. The van der Waals surface area contributed by atoms with Crippen molar-refractivity contribution in [2.24, 2.45) is 0 Å². The minimum Gasteiger partial charge on any atom is -0.379 e. The molecule has 2 aromatic rings. The van der Waals surface area contributed by atoms with Crippen molar-refractivity contribution < 1.29 is 17.9 Å². The molecule has 2 rings (SSSR count). The molecule has 0 heterocycles. The molecular formula is C19H26N2O4S. The van der Waals surface area contributed by atoms with Crippen LogP contribution in [0.1, 0.15) is 20.3 Å². The van der Waals surface area contributed by atoms with Crippen LogP contribution in [0.25, 0.3) is 10.8 Å². The molecule has 0 atom stereocenters. The minimum absolute atomic E-state index is 0.151. The van der Waals surface area contributed by atoms with Crippen LogP contribution in [-0.2, 0) is 19.6 Å². The Labute approximate surface area is 155 Å². The van der Waals surface area contributed by atoms with Crippen molar-refractivity contribution in [2.75, 3.05) is 30.3 Å². The minimum atomic E-state index is -3.60. The van der Waals surface area contributed by atoms with Gasteiger partial charge in [0.15, 0.2) is 0 Å². The Hall–Kier alpha value is -2.12. The highest BCUT2D eigenvalue weighted by Gasteiger charge is 2.22. The van der Waals surface area contributed by atoms with Crippen molar-refractivity contribution in [1.82, 2.24) is 5.32 Å². The average Bonchev–Trinajstić information content (AvgIpc) is 2.58. The van der Waals surface area contributed by atoms with Crippen molar-refractivity contribution in [2.45, 2.75) is 26.4 Å². The monoisotopic (exact) mass is 378 g/mol. The van der Waals surface area contributed by atoms with Crippen molar-refractivity contribution in [3.05, 3.63) is 42.5 Å². The molecule has 0 aromatic heterocycles. The van der Waals surface area contributed by atoms with E-state index >= 15 is 0 Å². The normalized spacial score (nSPS) is 11.7. The van der Waals surface area contributed by atoms with E-state index in [0.29, 0.717) is 25.3 Å². The van der Waals surface area contributed by atoms with Crippen LogP contribution >= 0.6 is 0 Å². The van der Waals surface area contributed by atoms with Gasteiger partial charge in [0.05, 0.1) is 18.0 Å². The van der Waals surface area contributed by atoms with Crippen molar-refractivity contribution in [3.63, 3.8) is 0 Å². The zero-order valence-corrected chi connectivity index (χ0v) is 16.3. The van der Waals surface area contributed by atoms with Crippen LogP contribution in [0.2, 0.25) is 0 Å². The number of fused-ring (bicyclic) bond motifs is 1. The number of sulfonamides is 1. The molecule has 1 amide bonds. The fourth-order valence-electron chi connectivity index (χ4n) is 2.61. The number of hydrogen-bond donors (Lipinski definition) is 1. The van der Waals surface area contributed by atoms with Gasteiger partial charge < -0.3 is 10.1 Å². The Morgan fingerprint density at radius 2 is 1.85 bits per heavy atom. The number of nitrogens with one attached hydrogen (secondary N) is 1. The first kappa shape index (κ1) is 20.2.